The second-order valence-electron chi connectivity index (χ2n) is 7.26. The maximum atomic E-state index is 12.7. The smallest absolute Gasteiger partial charge is 0.325 e. The zero-order chi connectivity index (χ0) is 19.4. The van der Waals surface area contributed by atoms with Gasteiger partial charge in [0.05, 0.1) is 12.6 Å². The summed E-state index contributed by atoms with van der Waals surface area (Å²) in [6.07, 6.45) is 4.21. The van der Waals surface area contributed by atoms with Crippen molar-refractivity contribution in [3.05, 3.63) is 29.8 Å². The van der Waals surface area contributed by atoms with E-state index >= 15 is 0 Å². The molecule has 1 aliphatic carbocycles. The fraction of sp³-hybridized carbons (Fsp3) is 0.550. The first-order valence-corrected chi connectivity index (χ1v) is 9.61. The molecule has 1 heterocycles. The minimum Gasteiger partial charge on any atom is -0.494 e. The Kier molecular flexibility index (Phi) is 5.68. The molecule has 1 spiro atoms. The Morgan fingerprint density at radius 2 is 1.89 bits per heavy atom. The van der Waals surface area contributed by atoms with E-state index in [-0.39, 0.29) is 24.4 Å². The van der Waals surface area contributed by atoms with Crippen LogP contribution in [-0.2, 0) is 9.59 Å². The third-order valence-electron chi connectivity index (χ3n) is 5.32. The summed E-state index contributed by atoms with van der Waals surface area (Å²) in [5.74, 6) is 0.153. The van der Waals surface area contributed by atoms with Gasteiger partial charge in [-0.25, -0.2) is 4.79 Å². The highest BCUT2D eigenvalue weighted by molar-refractivity contribution is 6.09. The van der Waals surface area contributed by atoms with Crippen LogP contribution >= 0.6 is 0 Å². The van der Waals surface area contributed by atoms with Crippen LogP contribution in [0.4, 0.5) is 4.79 Å². The van der Waals surface area contributed by atoms with Crippen LogP contribution in [0.3, 0.4) is 0 Å². The Bertz CT molecular complexity index is 710. The number of amides is 4. The Balaban J connectivity index is 1.58. The van der Waals surface area contributed by atoms with Gasteiger partial charge in [0.15, 0.2) is 0 Å². The molecular weight excluding hydrogens is 346 g/mol. The molecule has 2 fully saturated rings. The number of rotatable bonds is 6. The maximum absolute atomic E-state index is 12.7. The minimum atomic E-state index is -0.795. The molecule has 1 unspecified atom stereocenters. The Hall–Kier alpha value is -2.57. The van der Waals surface area contributed by atoms with E-state index in [0.717, 1.165) is 35.5 Å². The van der Waals surface area contributed by atoms with Crippen LogP contribution in [-0.4, -0.2) is 41.4 Å². The third kappa shape index (κ3) is 4.07. The monoisotopic (exact) mass is 373 g/mol. The van der Waals surface area contributed by atoms with E-state index in [0.29, 0.717) is 19.4 Å². The molecule has 1 aromatic rings. The molecule has 0 aromatic heterocycles. The highest BCUT2D eigenvalue weighted by atomic mass is 16.5. The fourth-order valence-corrected chi connectivity index (χ4v) is 3.85. The highest BCUT2D eigenvalue weighted by Crippen LogP contribution is 2.33. The largest absolute Gasteiger partial charge is 0.494 e. The number of carbonyl (C=O) groups excluding carboxylic acids is 3. The summed E-state index contributed by atoms with van der Waals surface area (Å²) in [6, 6.07) is 6.78. The molecule has 1 saturated carbocycles. The average molecular weight is 373 g/mol. The second-order valence-corrected chi connectivity index (χ2v) is 7.26. The van der Waals surface area contributed by atoms with Crippen molar-refractivity contribution in [2.24, 2.45) is 0 Å². The molecule has 2 N–H and O–H groups in total. The predicted molar refractivity (Wildman–Crippen MR) is 100 cm³/mol. The molecule has 4 amide bonds. The second kappa shape index (κ2) is 7.98. The molecule has 7 heteroatoms. The van der Waals surface area contributed by atoms with Gasteiger partial charge in [0.2, 0.25) is 5.91 Å². The van der Waals surface area contributed by atoms with Gasteiger partial charge in [-0.1, -0.05) is 31.4 Å². The average Bonchev–Trinajstić information content (AvgIpc) is 2.87. The Morgan fingerprint density at radius 3 is 2.52 bits per heavy atom. The number of benzene rings is 1. The van der Waals surface area contributed by atoms with Gasteiger partial charge in [-0.3, -0.25) is 14.5 Å². The van der Waals surface area contributed by atoms with Crippen LogP contribution in [0.1, 0.15) is 57.6 Å². The van der Waals surface area contributed by atoms with Crippen molar-refractivity contribution in [3.63, 3.8) is 0 Å². The van der Waals surface area contributed by atoms with Crippen molar-refractivity contribution in [2.75, 3.05) is 13.2 Å². The zero-order valence-corrected chi connectivity index (χ0v) is 15.9. The van der Waals surface area contributed by atoms with Gasteiger partial charge in [-0.15, -0.1) is 0 Å². The SMILES string of the molecule is CCOc1ccc(C(C)NC(=O)CN2C(=O)NC3(CCCCC3)C2=O)cc1. The number of urea groups is 1. The van der Waals surface area contributed by atoms with Crippen LogP contribution in [0, 0.1) is 0 Å². The first-order chi connectivity index (χ1) is 12.9. The Morgan fingerprint density at radius 1 is 1.22 bits per heavy atom. The molecule has 7 nitrogen and oxygen atoms in total. The fourth-order valence-electron chi connectivity index (χ4n) is 3.85. The topological polar surface area (TPSA) is 87.7 Å². The molecule has 1 aliphatic heterocycles. The van der Waals surface area contributed by atoms with Crippen LogP contribution < -0.4 is 15.4 Å². The van der Waals surface area contributed by atoms with Gasteiger partial charge in [-0.05, 0) is 44.4 Å². The van der Waals surface area contributed by atoms with Crippen LogP contribution in [0.5, 0.6) is 5.75 Å². The van der Waals surface area contributed by atoms with Gasteiger partial charge >= 0.3 is 6.03 Å². The molecular formula is C20H27N3O4. The summed E-state index contributed by atoms with van der Waals surface area (Å²) in [6.45, 7) is 4.12. The number of nitrogens with zero attached hydrogens (tertiary/aromatic N) is 1. The van der Waals surface area contributed by atoms with E-state index in [4.69, 9.17) is 4.74 Å². The molecule has 27 heavy (non-hydrogen) atoms. The highest BCUT2D eigenvalue weighted by Gasteiger charge is 2.51. The first-order valence-electron chi connectivity index (χ1n) is 9.61. The van der Waals surface area contributed by atoms with E-state index in [9.17, 15) is 14.4 Å². The number of ether oxygens (including phenoxy) is 1. The molecule has 146 valence electrons. The quantitative estimate of drug-likeness (QED) is 0.750. The zero-order valence-electron chi connectivity index (χ0n) is 15.9. The molecule has 2 aliphatic rings. The third-order valence-corrected chi connectivity index (χ3v) is 5.32. The Labute approximate surface area is 159 Å². The molecule has 1 aromatic carbocycles. The van der Waals surface area contributed by atoms with E-state index in [1.54, 1.807) is 0 Å². The van der Waals surface area contributed by atoms with E-state index < -0.39 is 11.6 Å². The summed E-state index contributed by atoms with van der Waals surface area (Å²) in [7, 11) is 0. The molecule has 0 bridgehead atoms. The predicted octanol–water partition coefficient (Wildman–Crippen LogP) is 2.52. The van der Waals surface area contributed by atoms with E-state index in [1.165, 1.54) is 0 Å². The van der Waals surface area contributed by atoms with Crippen molar-refractivity contribution in [2.45, 2.75) is 57.5 Å². The van der Waals surface area contributed by atoms with Crippen LogP contribution in [0.15, 0.2) is 24.3 Å². The summed E-state index contributed by atoms with van der Waals surface area (Å²) in [5, 5.41) is 5.67. The number of hydrogen-bond donors (Lipinski definition) is 2. The molecule has 0 radical (unpaired) electrons. The lowest BCUT2D eigenvalue weighted by atomic mass is 9.82. The number of imide groups is 1. The van der Waals surface area contributed by atoms with Gasteiger partial charge in [-0.2, -0.15) is 0 Å². The molecule has 3 rings (SSSR count). The van der Waals surface area contributed by atoms with E-state index in [1.807, 2.05) is 38.1 Å². The number of nitrogens with one attached hydrogen (secondary N) is 2. The van der Waals surface area contributed by atoms with Gasteiger partial charge in [0.1, 0.15) is 17.8 Å². The summed E-state index contributed by atoms with van der Waals surface area (Å²) < 4.78 is 5.41. The van der Waals surface area contributed by atoms with Crippen LogP contribution in [0.25, 0.3) is 0 Å². The van der Waals surface area contributed by atoms with Crippen molar-refractivity contribution in [1.29, 1.82) is 0 Å². The molecule has 1 atom stereocenters. The summed E-state index contributed by atoms with van der Waals surface area (Å²) in [4.78, 5) is 38.4. The van der Waals surface area contributed by atoms with Gasteiger partial charge in [0.25, 0.3) is 5.91 Å². The van der Waals surface area contributed by atoms with Crippen molar-refractivity contribution < 1.29 is 19.1 Å². The lowest BCUT2D eigenvalue weighted by Crippen LogP contribution is -2.49. The van der Waals surface area contributed by atoms with E-state index in [2.05, 4.69) is 10.6 Å². The molecule has 1 saturated heterocycles. The summed E-state index contributed by atoms with van der Waals surface area (Å²) in [5.41, 5.74) is 0.129. The van der Waals surface area contributed by atoms with Crippen molar-refractivity contribution >= 4 is 17.8 Å². The van der Waals surface area contributed by atoms with Gasteiger partial charge < -0.3 is 15.4 Å². The lowest BCUT2D eigenvalue weighted by Gasteiger charge is -2.30. The summed E-state index contributed by atoms with van der Waals surface area (Å²) >= 11 is 0. The van der Waals surface area contributed by atoms with Crippen molar-refractivity contribution in [1.82, 2.24) is 15.5 Å². The normalized spacial score (nSPS) is 19.7. The number of carbonyl (C=O) groups is 3. The van der Waals surface area contributed by atoms with Gasteiger partial charge in [0, 0.05) is 0 Å². The van der Waals surface area contributed by atoms with Crippen LogP contribution in [0.2, 0.25) is 0 Å². The first kappa shape index (κ1) is 19.2. The standard InChI is InChI=1S/C20H27N3O4/c1-3-27-16-9-7-15(8-10-16)14(2)21-17(24)13-23-18(25)20(22-19(23)26)11-5-4-6-12-20/h7-10,14H,3-6,11-13H2,1-2H3,(H,21,24)(H,22,26). The lowest BCUT2D eigenvalue weighted by molar-refractivity contribution is -0.136. The number of hydrogen-bond acceptors (Lipinski definition) is 4. The maximum Gasteiger partial charge on any atom is 0.325 e. The minimum absolute atomic E-state index is 0.238. The van der Waals surface area contributed by atoms with Crippen molar-refractivity contribution in [3.8, 4) is 5.75 Å².